The average molecular weight is 376 g/mol. The van der Waals surface area contributed by atoms with Gasteiger partial charge in [-0.3, -0.25) is 4.79 Å². The van der Waals surface area contributed by atoms with Crippen LogP contribution in [0.15, 0.2) is 4.79 Å². The van der Waals surface area contributed by atoms with Gasteiger partial charge in [-0.05, 0) is 29.0 Å². The van der Waals surface area contributed by atoms with Crippen LogP contribution in [-0.2, 0) is 17.6 Å². The fourth-order valence-electron chi connectivity index (χ4n) is 1.27. The van der Waals surface area contributed by atoms with Gasteiger partial charge in [0.15, 0.2) is 0 Å². The second-order valence-corrected chi connectivity index (χ2v) is 4.62. The van der Waals surface area contributed by atoms with Crippen molar-refractivity contribution in [2.24, 2.45) is 0 Å². The van der Waals surface area contributed by atoms with Crippen LogP contribution in [0.1, 0.15) is 18.4 Å². The van der Waals surface area contributed by atoms with Gasteiger partial charge < -0.3 is 9.72 Å². The molecule has 4 nitrogen and oxygen atoms in total. The molecule has 1 rings (SSSR count). The molecule has 0 fully saturated rings. The molecule has 0 aliphatic carbocycles. The Hall–Kier alpha value is -0.640. The number of aryl methyl sites for hydroxylation is 1. The summed E-state index contributed by atoms with van der Waals surface area (Å²) in [5.74, 6) is 0.347. The summed E-state index contributed by atoms with van der Waals surface area (Å²) in [5.41, 5.74) is 0.374. The molecule has 0 aliphatic heterocycles. The Labute approximate surface area is 115 Å². The summed E-state index contributed by atoms with van der Waals surface area (Å²) in [4.78, 5) is 18.2. The molecular weight excluding hydrogens is 364 g/mol. The van der Waals surface area contributed by atoms with Crippen molar-refractivity contribution in [3.63, 3.8) is 0 Å². The molecule has 0 aliphatic rings. The summed E-state index contributed by atoms with van der Waals surface area (Å²) in [7, 11) is 0. The molecule has 0 atom stereocenters. The van der Waals surface area contributed by atoms with E-state index in [0.29, 0.717) is 21.5 Å². The molecule has 102 valence electrons. The summed E-state index contributed by atoms with van der Waals surface area (Å²) >= 11 is 1.89. The van der Waals surface area contributed by atoms with Crippen LogP contribution in [0.5, 0.6) is 0 Å². The molecule has 1 aromatic heterocycles. The van der Waals surface area contributed by atoms with E-state index in [2.05, 4.69) is 14.7 Å². The minimum atomic E-state index is -4.33. The molecule has 0 amide bonds. The van der Waals surface area contributed by atoms with Gasteiger partial charge in [0, 0.05) is 6.42 Å². The number of ether oxygens (including phenoxy) is 1. The van der Waals surface area contributed by atoms with Crippen molar-refractivity contribution in [1.82, 2.24) is 9.97 Å². The third-order valence-electron chi connectivity index (χ3n) is 2.06. The second-order valence-electron chi connectivity index (χ2n) is 3.54. The first-order valence-corrected chi connectivity index (χ1v) is 6.33. The van der Waals surface area contributed by atoms with E-state index >= 15 is 0 Å². The number of hydrogen-bond donors (Lipinski definition) is 1. The molecule has 18 heavy (non-hydrogen) atoms. The number of alkyl halides is 3. The number of H-pyrrole nitrogens is 1. The fraction of sp³-hybridized carbons (Fsp3) is 0.600. The van der Waals surface area contributed by atoms with Crippen LogP contribution in [-0.4, -0.2) is 29.4 Å². The van der Waals surface area contributed by atoms with Gasteiger partial charge in [0.25, 0.3) is 5.56 Å². The molecule has 0 spiro atoms. The number of nitrogens with one attached hydrogen (secondary N) is 1. The van der Waals surface area contributed by atoms with Crippen molar-refractivity contribution in [3.05, 3.63) is 25.4 Å². The fourth-order valence-corrected chi connectivity index (χ4v) is 1.90. The number of aromatic nitrogens is 2. The van der Waals surface area contributed by atoms with Crippen molar-refractivity contribution in [2.45, 2.75) is 25.9 Å². The van der Waals surface area contributed by atoms with E-state index in [1.807, 2.05) is 29.5 Å². The van der Waals surface area contributed by atoms with Crippen LogP contribution in [0.3, 0.4) is 0 Å². The Morgan fingerprint density at radius 3 is 2.67 bits per heavy atom. The van der Waals surface area contributed by atoms with E-state index in [-0.39, 0.29) is 18.6 Å². The molecule has 0 saturated heterocycles. The lowest BCUT2D eigenvalue weighted by molar-refractivity contribution is -0.173. The van der Waals surface area contributed by atoms with E-state index in [1.54, 1.807) is 0 Å². The van der Waals surface area contributed by atoms with Gasteiger partial charge in [-0.2, -0.15) is 13.2 Å². The zero-order valence-electron chi connectivity index (χ0n) is 9.60. The lowest BCUT2D eigenvalue weighted by atomic mass is 10.3. The predicted molar refractivity (Wildman–Crippen MR) is 67.5 cm³/mol. The van der Waals surface area contributed by atoms with Crippen LogP contribution in [0.25, 0.3) is 0 Å². The standard InChI is InChI=1S/C10H12F3IN2O2/c1-2-6-8(14)9(17)16-7(15-6)3-4-18-5-10(11,12)13/h2-5H2,1H3,(H,15,16,17). The van der Waals surface area contributed by atoms with Crippen LogP contribution in [0, 0.1) is 3.57 Å². The monoisotopic (exact) mass is 376 g/mol. The number of aromatic amines is 1. The van der Waals surface area contributed by atoms with E-state index in [1.165, 1.54) is 0 Å². The number of rotatable bonds is 5. The highest BCUT2D eigenvalue weighted by Crippen LogP contribution is 2.14. The number of hydrogen-bond acceptors (Lipinski definition) is 3. The van der Waals surface area contributed by atoms with Gasteiger partial charge in [0.05, 0.1) is 15.9 Å². The number of nitrogens with zero attached hydrogens (tertiary/aromatic N) is 1. The Morgan fingerprint density at radius 1 is 1.44 bits per heavy atom. The average Bonchev–Trinajstić information content (AvgIpc) is 2.27. The summed E-state index contributed by atoms with van der Waals surface area (Å²) < 4.78 is 40.4. The third-order valence-corrected chi connectivity index (χ3v) is 3.18. The summed E-state index contributed by atoms with van der Waals surface area (Å²) in [6, 6.07) is 0. The Kier molecular flexibility index (Phi) is 5.57. The lowest BCUT2D eigenvalue weighted by Crippen LogP contribution is -2.21. The maximum absolute atomic E-state index is 11.8. The highest BCUT2D eigenvalue weighted by atomic mass is 127. The van der Waals surface area contributed by atoms with Crippen molar-refractivity contribution in [3.8, 4) is 0 Å². The molecule has 0 aromatic carbocycles. The van der Waals surface area contributed by atoms with Crippen molar-refractivity contribution >= 4 is 22.6 Å². The topological polar surface area (TPSA) is 55.0 Å². The quantitative estimate of drug-likeness (QED) is 0.633. The zero-order valence-corrected chi connectivity index (χ0v) is 11.8. The van der Waals surface area contributed by atoms with E-state index in [0.717, 1.165) is 0 Å². The zero-order chi connectivity index (χ0) is 13.8. The molecule has 0 radical (unpaired) electrons. The highest BCUT2D eigenvalue weighted by molar-refractivity contribution is 14.1. The lowest BCUT2D eigenvalue weighted by Gasteiger charge is -2.08. The van der Waals surface area contributed by atoms with E-state index in [9.17, 15) is 18.0 Å². The molecule has 0 unspecified atom stereocenters. The summed E-state index contributed by atoms with van der Waals surface area (Å²) in [5, 5.41) is 0. The molecule has 8 heteroatoms. The van der Waals surface area contributed by atoms with Gasteiger partial charge in [-0.1, -0.05) is 6.92 Å². The molecule has 1 aromatic rings. The van der Waals surface area contributed by atoms with Gasteiger partial charge in [0.1, 0.15) is 12.4 Å². The largest absolute Gasteiger partial charge is 0.411 e. The smallest absolute Gasteiger partial charge is 0.372 e. The number of halogens is 4. The molecule has 1 heterocycles. The van der Waals surface area contributed by atoms with Crippen LogP contribution in [0.4, 0.5) is 13.2 Å². The molecule has 1 N–H and O–H groups in total. The van der Waals surface area contributed by atoms with Crippen LogP contribution >= 0.6 is 22.6 Å². The molecular formula is C10H12F3IN2O2. The van der Waals surface area contributed by atoms with Crippen molar-refractivity contribution in [2.75, 3.05) is 13.2 Å². The Morgan fingerprint density at radius 2 is 2.11 bits per heavy atom. The van der Waals surface area contributed by atoms with Crippen LogP contribution in [0.2, 0.25) is 0 Å². The minimum absolute atomic E-state index is 0.133. The Bertz CT molecular complexity index is 459. The SMILES string of the molecule is CCc1nc(CCOCC(F)(F)F)[nH]c(=O)c1I. The molecule has 0 saturated carbocycles. The summed E-state index contributed by atoms with van der Waals surface area (Å²) in [6.07, 6.45) is -3.59. The van der Waals surface area contributed by atoms with Gasteiger partial charge in [-0.25, -0.2) is 4.98 Å². The Balaban J connectivity index is 2.58. The first-order valence-electron chi connectivity index (χ1n) is 5.25. The normalized spacial score (nSPS) is 11.8. The highest BCUT2D eigenvalue weighted by Gasteiger charge is 2.27. The molecule has 0 bridgehead atoms. The maximum Gasteiger partial charge on any atom is 0.411 e. The van der Waals surface area contributed by atoms with Crippen molar-refractivity contribution in [1.29, 1.82) is 0 Å². The third kappa shape index (κ3) is 4.92. The first kappa shape index (κ1) is 15.4. The van der Waals surface area contributed by atoms with Gasteiger partial charge >= 0.3 is 6.18 Å². The summed E-state index contributed by atoms with van der Waals surface area (Å²) in [6.45, 7) is 0.433. The van der Waals surface area contributed by atoms with E-state index in [4.69, 9.17) is 0 Å². The van der Waals surface area contributed by atoms with Crippen molar-refractivity contribution < 1.29 is 17.9 Å². The van der Waals surface area contributed by atoms with E-state index < -0.39 is 12.8 Å². The van der Waals surface area contributed by atoms with Gasteiger partial charge in [0.2, 0.25) is 0 Å². The first-order chi connectivity index (χ1) is 8.33. The van der Waals surface area contributed by atoms with Gasteiger partial charge in [-0.15, -0.1) is 0 Å². The maximum atomic E-state index is 11.8. The van der Waals surface area contributed by atoms with Crippen LogP contribution < -0.4 is 5.56 Å². The predicted octanol–water partition coefficient (Wildman–Crippen LogP) is 2.06. The second kappa shape index (κ2) is 6.50. The minimum Gasteiger partial charge on any atom is -0.372 e.